The number of carbonyl (C=O) groups excluding carboxylic acids is 1. The van der Waals surface area contributed by atoms with Gasteiger partial charge in [-0.1, -0.05) is 12.1 Å². The number of halogens is 1. The van der Waals surface area contributed by atoms with E-state index in [-0.39, 0.29) is 18.3 Å². The Hall–Kier alpha value is -1.27. The molecule has 0 spiro atoms. The Morgan fingerprint density at radius 3 is 2.91 bits per heavy atom. The van der Waals surface area contributed by atoms with Gasteiger partial charge in [-0.15, -0.1) is 0 Å². The lowest BCUT2D eigenvalue weighted by molar-refractivity contribution is -0.133. The standard InChI is InChI=1S/C17H23FN2O2S/c18-15-4-1-2-5-16(15)22-12-17(21)20-8-3-7-19(9-10-20)14-6-11-23-13-14/h1-2,4-5,14H,3,6-13H2. The van der Waals surface area contributed by atoms with E-state index >= 15 is 0 Å². The van der Waals surface area contributed by atoms with Crippen molar-refractivity contribution in [1.82, 2.24) is 9.80 Å². The molecule has 0 saturated carbocycles. The van der Waals surface area contributed by atoms with Crippen LogP contribution in [-0.4, -0.2) is 66.0 Å². The van der Waals surface area contributed by atoms with Gasteiger partial charge in [0.2, 0.25) is 0 Å². The number of ether oxygens (including phenoxy) is 1. The molecule has 0 bridgehead atoms. The predicted octanol–water partition coefficient (Wildman–Crippen LogP) is 2.24. The molecule has 0 aromatic heterocycles. The number of para-hydroxylation sites is 1. The molecule has 2 aliphatic heterocycles. The van der Waals surface area contributed by atoms with E-state index in [2.05, 4.69) is 4.90 Å². The topological polar surface area (TPSA) is 32.8 Å². The van der Waals surface area contributed by atoms with E-state index in [9.17, 15) is 9.18 Å². The van der Waals surface area contributed by atoms with Gasteiger partial charge in [0.25, 0.3) is 5.91 Å². The first kappa shape index (κ1) is 16.6. The van der Waals surface area contributed by atoms with Crippen molar-refractivity contribution in [3.63, 3.8) is 0 Å². The van der Waals surface area contributed by atoms with Crippen LogP contribution in [0.2, 0.25) is 0 Å². The molecule has 2 saturated heterocycles. The summed E-state index contributed by atoms with van der Waals surface area (Å²) in [6.07, 6.45) is 2.25. The van der Waals surface area contributed by atoms with E-state index in [4.69, 9.17) is 4.74 Å². The van der Waals surface area contributed by atoms with E-state index < -0.39 is 5.82 Å². The number of nitrogens with zero attached hydrogens (tertiary/aromatic N) is 2. The summed E-state index contributed by atoms with van der Waals surface area (Å²) >= 11 is 2.02. The lowest BCUT2D eigenvalue weighted by atomic mass is 10.2. The Bertz CT molecular complexity index is 537. The average molecular weight is 338 g/mol. The third-order valence-corrected chi connectivity index (χ3v) is 5.64. The maximum atomic E-state index is 13.5. The molecule has 2 fully saturated rings. The molecular weight excluding hydrogens is 315 g/mol. The van der Waals surface area contributed by atoms with Gasteiger partial charge in [-0.05, 0) is 30.7 Å². The molecule has 126 valence electrons. The summed E-state index contributed by atoms with van der Waals surface area (Å²) in [6, 6.07) is 6.86. The maximum Gasteiger partial charge on any atom is 0.260 e. The molecule has 1 atom stereocenters. The summed E-state index contributed by atoms with van der Waals surface area (Å²) in [5.74, 6) is 2.11. The van der Waals surface area contributed by atoms with E-state index in [1.165, 1.54) is 24.0 Å². The second-order valence-corrected chi connectivity index (χ2v) is 7.16. The molecule has 0 radical (unpaired) electrons. The summed E-state index contributed by atoms with van der Waals surface area (Å²) in [4.78, 5) is 16.7. The van der Waals surface area contributed by atoms with E-state index in [0.29, 0.717) is 6.04 Å². The Morgan fingerprint density at radius 1 is 1.26 bits per heavy atom. The van der Waals surface area contributed by atoms with Gasteiger partial charge in [0.15, 0.2) is 18.2 Å². The minimum atomic E-state index is -0.430. The molecule has 6 heteroatoms. The quantitative estimate of drug-likeness (QED) is 0.843. The molecule has 4 nitrogen and oxygen atoms in total. The maximum absolute atomic E-state index is 13.5. The molecule has 1 aromatic carbocycles. The van der Waals surface area contributed by atoms with Crippen LogP contribution in [0.25, 0.3) is 0 Å². The lowest BCUT2D eigenvalue weighted by Gasteiger charge is -2.26. The third kappa shape index (κ3) is 4.38. The van der Waals surface area contributed by atoms with Gasteiger partial charge in [-0.25, -0.2) is 4.39 Å². The van der Waals surface area contributed by atoms with Crippen LogP contribution in [0.1, 0.15) is 12.8 Å². The van der Waals surface area contributed by atoms with Crippen molar-refractivity contribution < 1.29 is 13.9 Å². The predicted molar refractivity (Wildman–Crippen MR) is 90.4 cm³/mol. The van der Waals surface area contributed by atoms with Crippen molar-refractivity contribution in [3.8, 4) is 5.75 Å². The van der Waals surface area contributed by atoms with Crippen LogP contribution in [0.4, 0.5) is 4.39 Å². The van der Waals surface area contributed by atoms with Crippen molar-refractivity contribution in [2.75, 3.05) is 44.3 Å². The third-order valence-electron chi connectivity index (χ3n) is 4.49. The van der Waals surface area contributed by atoms with Crippen molar-refractivity contribution >= 4 is 17.7 Å². The molecular formula is C17H23FN2O2S. The van der Waals surface area contributed by atoms with E-state index in [0.717, 1.165) is 32.6 Å². The first-order valence-electron chi connectivity index (χ1n) is 8.21. The fraction of sp³-hybridized carbons (Fsp3) is 0.588. The van der Waals surface area contributed by atoms with Crippen LogP contribution in [0, 0.1) is 5.82 Å². The van der Waals surface area contributed by atoms with Crippen LogP contribution >= 0.6 is 11.8 Å². The molecule has 2 heterocycles. The first-order chi connectivity index (χ1) is 11.2. The van der Waals surface area contributed by atoms with E-state index in [1.54, 1.807) is 18.2 Å². The molecule has 1 aromatic rings. The number of thioether (sulfide) groups is 1. The highest BCUT2D eigenvalue weighted by Gasteiger charge is 2.26. The highest BCUT2D eigenvalue weighted by Crippen LogP contribution is 2.23. The number of benzene rings is 1. The van der Waals surface area contributed by atoms with Crippen molar-refractivity contribution in [2.24, 2.45) is 0 Å². The van der Waals surface area contributed by atoms with Crippen LogP contribution in [0.5, 0.6) is 5.75 Å². The van der Waals surface area contributed by atoms with Crippen molar-refractivity contribution in [1.29, 1.82) is 0 Å². The molecule has 1 unspecified atom stereocenters. The van der Waals surface area contributed by atoms with Crippen molar-refractivity contribution in [2.45, 2.75) is 18.9 Å². The summed E-state index contributed by atoms with van der Waals surface area (Å²) in [7, 11) is 0. The summed E-state index contributed by atoms with van der Waals surface area (Å²) in [6.45, 7) is 3.39. The molecule has 1 amide bonds. The largest absolute Gasteiger partial charge is 0.481 e. The van der Waals surface area contributed by atoms with Gasteiger partial charge in [0.1, 0.15) is 0 Å². The summed E-state index contributed by atoms with van der Waals surface area (Å²) in [5, 5.41) is 0. The number of amides is 1. The first-order valence-corrected chi connectivity index (χ1v) is 9.36. The SMILES string of the molecule is O=C(COc1ccccc1F)N1CCCN(C2CCSC2)CC1. The van der Waals surface area contributed by atoms with Gasteiger partial charge in [-0.3, -0.25) is 9.69 Å². The molecule has 0 aliphatic carbocycles. The summed E-state index contributed by atoms with van der Waals surface area (Å²) in [5.41, 5.74) is 0. The van der Waals surface area contributed by atoms with Gasteiger partial charge in [-0.2, -0.15) is 11.8 Å². The molecule has 0 N–H and O–H groups in total. The Kier molecular flexibility index (Phi) is 5.78. The molecule has 2 aliphatic rings. The Labute approximate surface area is 141 Å². The fourth-order valence-corrected chi connectivity index (χ4v) is 4.41. The van der Waals surface area contributed by atoms with Gasteiger partial charge in [0.05, 0.1) is 0 Å². The Balaban J connectivity index is 1.49. The minimum Gasteiger partial charge on any atom is -0.481 e. The summed E-state index contributed by atoms with van der Waals surface area (Å²) < 4.78 is 18.8. The second kappa shape index (κ2) is 8.02. The number of carbonyl (C=O) groups is 1. The van der Waals surface area contributed by atoms with Crippen molar-refractivity contribution in [3.05, 3.63) is 30.1 Å². The van der Waals surface area contributed by atoms with E-state index in [1.807, 2.05) is 16.7 Å². The fourth-order valence-electron chi connectivity index (χ4n) is 3.15. The van der Waals surface area contributed by atoms with Gasteiger partial charge in [0, 0.05) is 38.0 Å². The lowest BCUT2D eigenvalue weighted by Crippen LogP contribution is -2.40. The number of hydrogen-bond donors (Lipinski definition) is 0. The van der Waals surface area contributed by atoms with Crippen LogP contribution in [0.15, 0.2) is 24.3 Å². The Morgan fingerprint density at radius 2 is 2.13 bits per heavy atom. The number of rotatable bonds is 4. The van der Waals surface area contributed by atoms with Gasteiger partial charge >= 0.3 is 0 Å². The smallest absolute Gasteiger partial charge is 0.260 e. The zero-order valence-electron chi connectivity index (χ0n) is 13.2. The second-order valence-electron chi connectivity index (χ2n) is 6.01. The van der Waals surface area contributed by atoms with Crippen LogP contribution in [-0.2, 0) is 4.79 Å². The van der Waals surface area contributed by atoms with Crippen LogP contribution in [0.3, 0.4) is 0 Å². The molecule has 23 heavy (non-hydrogen) atoms. The average Bonchev–Trinajstić information content (AvgIpc) is 2.98. The zero-order valence-corrected chi connectivity index (χ0v) is 14.1. The monoisotopic (exact) mass is 338 g/mol. The van der Waals surface area contributed by atoms with Crippen LogP contribution < -0.4 is 4.74 Å². The molecule has 3 rings (SSSR count). The highest BCUT2D eigenvalue weighted by atomic mass is 32.2. The zero-order chi connectivity index (χ0) is 16.1. The number of hydrogen-bond acceptors (Lipinski definition) is 4. The van der Waals surface area contributed by atoms with Gasteiger partial charge < -0.3 is 9.64 Å². The minimum absolute atomic E-state index is 0.0594. The normalized spacial score (nSPS) is 22.8. The highest BCUT2D eigenvalue weighted by molar-refractivity contribution is 7.99.